The summed E-state index contributed by atoms with van der Waals surface area (Å²) in [6.45, 7) is 0. The van der Waals surface area contributed by atoms with Gasteiger partial charge in [-0.3, -0.25) is 0 Å². The van der Waals surface area contributed by atoms with Crippen LogP contribution in [0.5, 0.6) is 0 Å². The minimum absolute atomic E-state index is 0.00454. The van der Waals surface area contributed by atoms with E-state index >= 15 is 0 Å². The Hall–Kier alpha value is -1.97. The molecule has 2 aromatic carbocycles. The summed E-state index contributed by atoms with van der Waals surface area (Å²) in [4.78, 5) is 1.46. The Kier molecular flexibility index (Phi) is 3.04. The summed E-state index contributed by atoms with van der Waals surface area (Å²) in [6, 6.07) is 11.0. The molecule has 1 nitrogen and oxygen atoms in total. The topological polar surface area (TPSA) is 3.24 Å². The zero-order valence-corrected chi connectivity index (χ0v) is 9.12. The van der Waals surface area contributed by atoms with E-state index in [0.29, 0.717) is 5.69 Å². The summed E-state index contributed by atoms with van der Waals surface area (Å²) in [7, 11) is 1.59. The van der Waals surface area contributed by atoms with Crippen molar-refractivity contribution in [1.82, 2.24) is 0 Å². The van der Waals surface area contributed by atoms with Crippen LogP contribution in [0.2, 0.25) is 0 Å². The summed E-state index contributed by atoms with van der Waals surface area (Å²) in [5.74, 6) is -3.82. The maximum atomic E-state index is 13.5. The van der Waals surface area contributed by atoms with Gasteiger partial charge in [-0.2, -0.15) is 0 Å². The molecule has 2 rings (SSSR count). The molecule has 0 aliphatic heterocycles. The molecule has 0 spiro atoms. The van der Waals surface area contributed by atoms with Gasteiger partial charge in [-0.05, 0) is 24.3 Å². The summed E-state index contributed by atoms with van der Waals surface area (Å²) in [5.41, 5.74) is 0.688. The van der Waals surface area contributed by atoms with E-state index in [4.69, 9.17) is 0 Å². The minimum atomic E-state index is -1.45. The second-order valence-corrected chi connectivity index (χ2v) is 3.59. The van der Waals surface area contributed by atoms with Crippen molar-refractivity contribution in [1.29, 1.82) is 0 Å². The molecule has 0 aliphatic rings. The van der Waals surface area contributed by atoms with Crippen LogP contribution < -0.4 is 4.90 Å². The van der Waals surface area contributed by atoms with Crippen LogP contribution in [0.1, 0.15) is 0 Å². The monoisotopic (exact) mass is 237 g/mol. The van der Waals surface area contributed by atoms with Crippen molar-refractivity contribution in [3.8, 4) is 0 Å². The van der Waals surface area contributed by atoms with Crippen molar-refractivity contribution >= 4 is 11.4 Å². The number of hydrogen-bond acceptors (Lipinski definition) is 1. The van der Waals surface area contributed by atoms with Crippen LogP contribution in [0.25, 0.3) is 0 Å². The van der Waals surface area contributed by atoms with Crippen LogP contribution >= 0.6 is 0 Å². The van der Waals surface area contributed by atoms with Gasteiger partial charge in [0, 0.05) is 12.7 Å². The minimum Gasteiger partial charge on any atom is -0.342 e. The third-order valence-electron chi connectivity index (χ3n) is 2.52. The molecule has 17 heavy (non-hydrogen) atoms. The first kappa shape index (κ1) is 11.5. The Morgan fingerprint density at radius 2 is 1.47 bits per heavy atom. The lowest BCUT2D eigenvalue weighted by atomic mass is 10.2. The first-order valence-electron chi connectivity index (χ1n) is 5.03. The molecule has 0 aliphatic carbocycles. The molecule has 0 bridgehead atoms. The van der Waals surface area contributed by atoms with Crippen molar-refractivity contribution in [2.45, 2.75) is 0 Å². The molecule has 0 saturated heterocycles. The number of anilines is 2. The van der Waals surface area contributed by atoms with Crippen LogP contribution in [-0.4, -0.2) is 7.05 Å². The fourth-order valence-corrected chi connectivity index (χ4v) is 1.57. The molecular formula is C13H10F3N. The highest BCUT2D eigenvalue weighted by atomic mass is 19.2. The van der Waals surface area contributed by atoms with Gasteiger partial charge in [0.1, 0.15) is 0 Å². The molecule has 0 fully saturated rings. The number of para-hydroxylation sites is 1. The van der Waals surface area contributed by atoms with Gasteiger partial charge in [-0.15, -0.1) is 0 Å². The molecule has 0 atom stereocenters. The molecule has 0 unspecified atom stereocenters. The Morgan fingerprint density at radius 1 is 0.824 bits per heavy atom. The highest BCUT2D eigenvalue weighted by Gasteiger charge is 2.16. The van der Waals surface area contributed by atoms with E-state index in [1.54, 1.807) is 31.3 Å². The number of halogens is 3. The summed E-state index contributed by atoms with van der Waals surface area (Å²) in [6.07, 6.45) is 0. The lowest BCUT2D eigenvalue weighted by Crippen LogP contribution is -2.12. The zero-order chi connectivity index (χ0) is 12.4. The highest BCUT2D eigenvalue weighted by molar-refractivity contribution is 5.62. The molecule has 2 aromatic rings. The number of hydrogen-bond donors (Lipinski definition) is 0. The van der Waals surface area contributed by atoms with Gasteiger partial charge in [-0.25, -0.2) is 13.2 Å². The van der Waals surface area contributed by atoms with Crippen molar-refractivity contribution < 1.29 is 13.2 Å². The summed E-state index contributed by atoms with van der Waals surface area (Å²) in [5, 5.41) is 0. The standard InChI is InChI=1S/C13H10F3N/c1-17(9-5-3-2-4-6-9)11-8-7-10(14)12(15)13(11)16/h2-8H,1H3. The van der Waals surface area contributed by atoms with Gasteiger partial charge in [-0.1, -0.05) is 18.2 Å². The van der Waals surface area contributed by atoms with E-state index in [0.717, 1.165) is 6.07 Å². The molecule has 0 aromatic heterocycles. The Balaban J connectivity index is 2.45. The number of rotatable bonds is 2. The van der Waals surface area contributed by atoms with Gasteiger partial charge >= 0.3 is 0 Å². The molecule has 0 heterocycles. The first-order chi connectivity index (χ1) is 8.11. The molecule has 0 radical (unpaired) electrons. The molecule has 0 N–H and O–H groups in total. The van der Waals surface area contributed by atoms with E-state index in [9.17, 15) is 13.2 Å². The third-order valence-corrected chi connectivity index (χ3v) is 2.52. The van der Waals surface area contributed by atoms with E-state index in [2.05, 4.69) is 0 Å². The average molecular weight is 237 g/mol. The average Bonchev–Trinajstić information content (AvgIpc) is 2.36. The quantitative estimate of drug-likeness (QED) is 0.716. The maximum Gasteiger partial charge on any atom is 0.196 e. The fraction of sp³-hybridized carbons (Fsp3) is 0.0769. The van der Waals surface area contributed by atoms with Gasteiger partial charge in [0.2, 0.25) is 0 Å². The van der Waals surface area contributed by atoms with Crippen LogP contribution in [0.15, 0.2) is 42.5 Å². The smallest absolute Gasteiger partial charge is 0.196 e. The Morgan fingerprint density at radius 3 is 2.12 bits per heavy atom. The van der Waals surface area contributed by atoms with Crippen molar-refractivity contribution in [3.05, 3.63) is 59.9 Å². The predicted octanol–water partition coefficient (Wildman–Crippen LogP) is 3.87. The normalized spacial score (nSPS) is 10.4. The molecule has 0 saturated carbocycles. The van der Waals surface area contributed by atoms with Gasteiger partial charge < -0.3 is 4.90 Å². The first-order valence-corrected chi connectivity index (χ1v) is 5.03. The fourth-order valence-electron chi connectivity index (χ4n) is 1.57. The molecule has 4 heteroatoms. The largest absolute Gasteiger partial charge is 0.342 e. The molecule has 88 valence electrons. The Bertz CT molecular complexity index is 526. The van der Waals surface area contributed by atoms with Crippen LogP contribution in [0.4, 0.5) is 24.5 Å². The predicted molar refractivity (Wildman–Crippen MR) is 60.8 cm³/mol. The van der Waals surface area contributed by atoms with E-state index in [-0.39, 0.29) is 5.69 Å². The summed E-state index contributed by atoms with van der Waals surface area (Å²) < 4.78 is 39.4. The lowest BCUT2D eigenvalue weighted by Gasteiger charge is -2.20. The van der Waals surface area contributed by atoms with Crippen molar-refractivity contribution in [2.75, 3.05) is 11.9 Å². The van der Waals surface area contributed by atoms with Crippen LogP contribution in [-0.2, 0) is 0 Å². The maximum absolute atomic E-state index is 13.5. The van der Waals surface area contributed by atoms with E-state index in [1.165, 1.54) is 11.0 Å². The lowest BCUT2D eigenvalue weighted by molar-refractivity contribution is 0.448. The van der Waals surface area contributed by atoms with Gasteiger partial charge in [0.15, 0.2) is 17.5 Å². The van der Waals surface area contributed by atoms with Crippen LogP contribution in [0.3, 0.4) is 0 Å². The summed E-state index contributed by atoms with van der Waals surface area (Å²) >= 11 is 0. The van der Waals surface area contributed by atoms with Crippen molar-refractivity contribution in [2.24, 2.45) is 0 Å². The molecular weight excluding hydrogens is 227 g/mol. The SMILES string of the molecule is CN(c1ccccc1)c1ccc(F)c(F)c1F. The van der Waals surface area contributed by atoms with E-state index in [1.807, 2.05) is 6.07 Å². The highest BCUT2D eigenvalue weighted by Crippen LogP contribution is 2.28. The number of nitrogens with zero attached hydrogens (tertiary/aromatic N) is 1. The van der Waals surface area contributed by atoms with Crippen LogP contribution in [0, 0.1) is 17.5 Å². The zero-order valence-electron chi connectivity index (χ0n) is 9.12. The Labute approximate surface area is 97.1 Å². The second-order valence-electron chi connectivity index (χ2n) is 3.59. The van der Waals surface area contributed by atoms with E-state index < -0.39 is 17.5 Å². The molecule has 0 amide bonds. The second kappa shape index (κ2) is 4.49. The number of benzene rings is 2. The van der Waals surface area contributed by atoms with Gasteiger partial charge in [0.25, 0.3) is 0 Å². The van der Waals surface area contributed by atoms with Crippen molar-refractivity contribution in [3.63, 3.8) is 0 Å². The van der Waals surface area contributed by atoms with Gasteiger partial charge in [0.05, 0.1) is 5.69 Å². The third kappa shape index (κ3) is 2.11.